The summed E-state index contributed by atoms with van der Waals surface area (Å²) in [6, 6.07) is 12.7. The van der Waals surface area contributed by atoms with Crippen LogP contribution in [0.4, 0.5) is 5.69 Å². The number of hydrogen-bond donors (Lipinski definition) is 2. The lowest BCUT2D eigenvalue weighted by atomic mass is 9.87. The number of fused-ring (bicyclic) bond motifs is 2. The quantitative estimate of drug-likeness (QED) is 0.717. The van der Waals surface area contributed by atoms with Crippen molar-refractivity contribution in [2.75, 3.05) is 11.4 Å². The Bertz CT molecular complexity index is 978. The summed E-state index contributed by atoms with van der Waals surface area (Å²) in [6.07, 6.45) is 3.32. The Morgan fingerprint density at radius 3 is 2.83 bits per heavy atom. The molecule has 0 unspecified atom stereocenters. The van der Waals surface area contributed by atoms with E-state index in [0.717, 1.165) is 10.9 Å². The van der Waals surface area contributed by atoms with Gasteiger partial charge in [0.1, 0.15) is 0 Å². The van der Waals surface area contributed by atoms with E-state index >= 15 is 0 Å². The SMILES string of the molecule is C=CCN1C(=O)[C@](O)(c2c[nH]c3ccccc23)c2cc(Cl)ccc21. The van der Waals surface area contributed by atoms with Crippen LogP contribution < -0.4 is 4.90 Å². The molecule has 0 spiro atoms. The molecule has 5 heteroatoms. The number of anilines is 1. The molecule has 120 valence electrons. The van der Waals surface area contributed by atoms with Gasteiger partial charge in [-0.3, -0.25) is 4.79 Å². The highest BCUT2D eigenvalue weighted by Crippen LogP contribution is 2.47. The molecule has 2 heterocycles. The average Bonchev–Trinajstić information content (AvgIpc) is 3.10. The van der Waals surface area contributed by atoms with Gasteiger partial charge in [-0.15, -0.1) is 6.58 Å². The second-order valence-corrected chi connectivity index (χ2v) is 6.26. The maximum Gasteiger partial charge on any atom is 0.268 e. The van der Waals surface area contributed by atoms with Crippen LogP contribution in [-0.2, 0) is 10.4 Å². The van der Waals surface area contributed by atoms with Gasteiger partial charge in [0.25, 0.3) is 5.91 Å². The number of carbonyl (C=O) groups is 1. The molecule has 2 aromatic carbocycles. The van der Waals surface area contributed by atoms with Crippen molar-refractivity contribution in [1.29, 1.82) is 0 Å². The van der Waals surface area contributed by atoms with E-state index in [1.54, 1.807) is 30.5 Å². The molecule has 0 fully saturated rings. The van der Waals surface area contributed by atoms with Crippen LogP contribution in [0.15, 0.2) is 61.3 Å². The number of rotatable bonds is 3. The van der Waals surface area contributed by atoms with Crippen LogP contribution in [0.2, 0.25) is 5.02 Å². The molecule has 3 aromatic rings. The molecule has 0 aliphatic carbocycles. The van der Waals surface area contributed by atoms with Gasteiger partial charge in [-0.1, -0.05) is 35.9 Å². The molecule has 0 bridgehead atoms. The molecule has 1 aliphatic heterocycles. The molecule has 2 N–H and O–H groups in total. The molecule has 0 radical (unpaired) electrons. The van der Waals surface area contributed by atoms with Crippen LogP contribution >= 0.6 is 11.6 Å². The van der Waals surface area contributed by atoms with Crippen molar-refractivity contribution in [2.24, 2.45) is 0 Å². The fourth-order valence-corrected chi connectivity index (χ4v) is 3.57. The van der Waals surface area contributed by atoms with Crippen LogP contribution in [0.25, 0.3) is 10.9 Å². The Labute approximate surface area is 144 Å². The van der Waals surface area contributed by atoms with Gasteiger partial charge in [-0.05, 0) is 24.3 Å². The van der Waals surface area contributed by atoms with Gasteiger partial charge in [0.15, 0.2) is 5.60 Å². The Morgan fingerprint density at radius 2 is 2.04 bits per heavy atom. The molecule has 1 aliphatic rings. The van der Waals surface area contributed by atoms with Crippen molar-refractivity contribution in [3.63, 3.8) is 0 Å². The maximum atomic E-state index is 13.1. The van der Waals surface area contributed by atoms with Crippen LogP contribution in [0.5, 0.6) is 0 Å². The summed E-state index contributed by atoms with van der Waals surface area (Å²) in [5.41, 5.74) is 0.754. The smallest absolute Gasteiger partial charge is 0.268 e. The van der Waals surface area contributed by atoms with E-state index < -0.39 is 11.5 Å². The predicted octanol–water partition coefficient (Wildman–Crippen LogP) is 3.59. The number of benzene rings is 2. The van der Waals surface area contributed by atoms with Gasteiger partial charge in [0, 0.05) is 39.8 Å². The number of carbonyl (C=O) groups excluding carboxylic acids is 1. The fourth-order valence-electron chi connectivity index (χ4n) is 3.39. The number of H-pyrrole nitrogens is 1. The number of hydrogen-bond acceptors (Lipinski definition) is 2. The third kappa shape index (κ3) is 1.87. The second-order valence-electron chi connectivity index (χ2n) is 5.82. The van der Waals surface area contributed by atoms with Crippen molar-refractivity contribution < 1.29 is 9.90 Å². The molecule has 4 nitrogen and oxygen atoms in total. The third-order valence-corrected chi connectivity index (χ3v) is 4.72. The van der Waals surface area contributed by atoms with E-state index in [9.17, 15) is 9.90 Å². The average molecular weight is 339 g/mol. The van der Waals surface area contributed by atoms with E-state index in [0.29, 0.717) is 28.4 Å². The highest BCUT2D eigenvalue weighted by molar-refractivity contribution is 6.31. The Kier molecular flexibility index (Phi) is 3.27. The summed E-state index contributed by atoms with van der Waals surface area (Å²) < 4.78 is 0. The molecular weight excluding hydrogens is 324 g/mol. The molecule has 0 saturated heterocycles. The Morgan fingerprint density at radius 1 is 1.25 bits per heavy atom. The summed E-state index contributed by atoms with van der Waals surface area (Å²) in [7, 11) is 0. The summed E-state index contributed by atoms with van der Waals surface area (Å²) >= 11 is 6.13. The van der Waals surface area contributed by atoms with E-state index in [1.165, 1.54) is 4.90 Å². The zero-order chi connectivity index (χ0) is 16.9. The monoisotopic (exact) mass is 338 g/mol. The first-order valence-electron chi connectivity index (χ1n) is 7.59. The molecule has 1 aromatic heterocycles. The topological polar surface area (TPSA) is 56.3 Å². The highest BCUT2D eigenvalue weighted by Gasteiger charge is 2.51. The zero-order valence-corrected chi connectivity index (χ0v) is 13.5. The van der Waals surface area contributed by atoms with E-state index in [4.69, 9.17) is 11.6 Å². The maximum absolute atomic E-state index is 13.1. The number of amides is 1. The second kappa shape index (κ2) is 5.23. The Hall–Kier alpha value is -2.56. The van der Waals surface area contributed by atoms with Crippen molar-refractivity contribution in [1.82, 2.24) is 4.98 Å². The molecule has 0 saturated carbocycles. The lowest BCUT2D eigenvalue weighted by molar-refractivity contribution is -0.131. The first-order valence-corrected chi connectivity index (χ1v) is 7.97. The van der Waals surface area contributed by atoms with E-state index in [1.807, 2.05) is 24.3 Å². The van der Waals surface area contributed by atoms with Crippen molar-refractivity contribution in [2.45, 2.75) is 5.60 Å². The van der Waals surface area contributed by atoms with Crippen LogP contribution in [0.3, 0.4) is 0 Å². The van der Waals surface area contributed by atoms with E-state index in [-0.39, 0.29) is 0 Å². The van der Waals surface area contributed by atoms with Crippen LogP contribution in [-0.4, -0.2) is 22.5 Å². The van der Waals surface area contributed by atoms with E-state index in [2.05, 4.69) is 11.6 Å². The normalized spacial score (nSPS) is 19.8. The summed E-state index contributed by atoms with van der Waals surface area (Å²) in [5, 5.41) is 12.8. The van der Waals surface area contributed by atoms with Crippen molar-refractivity contribution in [3.8, 4) is 0 Å². The third-order valence-electron chi connectivity index (χ3n) is 4.48. The van der Waals surface area contributed by atoms with Gasteiger partial charge < -0.3 is 15.0 Å². The molecular formula is C19H15ClN2O2. The largest absolute Gasteiger partial charge is 0.372 e. The van der Waals surface area contributed by atoms with Gasteiger partial charge in [-0.2, -0.15) is 0 Å². The summed E-state index contributed by atoms with van der Waals surface area (Å²) in [5.74, 6) is -0.399. The predicted molar refractivity (Wildman–Crippen MR) is 95.3 cm³/mol. The lowest BCUT2D eigenvalue weighted by Crippen LogP contribution is -2.41. The molecule has 1 amide bonds. The summed E-state index contributed by atoms with van der Waals surface area (Å²) in [4.78, 5) is 17.7. The number of aromatic amines is 1. The van der Waals surface area contributed by atoms with Crippen LogP contribution in [0.1, 0.15) is 11.1 Å². The molecule has 4 rings (SSSR count). The van der Waals surface area contributed by atoms with Gasteiger partial charge >= 0.3 is 0 Å². The summed E-state index contributed by atoms with van der Waals surface area (Å²) in [6.45, 7) is 4.02. The lowest BCUT2D eigenvalue weighted by Gasteiger charge is -2.22. The standard InChI is InChI=1S/C19H15ClN2O2/c1-2-9-22-17-8-7-12(20)10-14(17)19(24,18(22)23)15-11-21-16-6-4-3-5-13(15)16/h2-8,10-11,21,24H,1,9H2/t19-/m1/s1. The molecule has 1 atom stereocenters. The minimum atomic E-state index is -1.77. The van der Waals surface area contributed by atoms with Gasteiger partial charge in [0.2, 0.25) is 0 Å². The minimum absolute atomic E-state index is 0.318. The van der Waals surface area contributed by atoms with Crippen molar-refractivity contribution in [3.05, 3.63) is 77.5 Å². The number of halogens is 1. The molecule has 24 heavy (non-hydrogen) atoms. The van der Waals surface area contributed by atoms with Gasteiger partial charge in [0.05, 0.1) is 5.69 Å². The fraction of sp³-hybridized carbons (Fsp3) is 0.105. The number of para-hydroxylation sites is 1. The van der Waals surface area contributed by atoms with Gasteiger partial charge in [-0.25, -0.2) is 0 Å². The first-order chi connectivity index (χ1) is 11.6. The highest BCUT2D eigenvalue weighted by atomic mass is 35.5. The number of aromatic nitrogens is 1. The number of nitrogens with zero attached hydrogens (tertiary/aromatic N) is 1. The minimum Gasteiger partial charge on any atom is -0.372 e. The first kappa shape index (κ1) is 15.0. The Balaban J connectivity index is 2.01. The number of nitrogens with one attached hydrogen (secondary N) is 1. The van der Waals surface area contributed by atoms with Crippen molar-refractivity contribution >= 4 is 34.1 Å². The van der Waals surface area contributed by atoms with Crippen LogP contribution in [0, 0.1) is 0 Å². The number of aliphatic hydroxyl groups is 1. The zero-order valence-electron chi connectivity index (χ0n) is 12.8.